The van der Waals surface area contributed by atoms with Gasteiger partial charge in [-0.2, -0.15) is 0 Å². The normalized spacial score (nSPS) is 15.0. The van der Waals surface area contributed by atoms with Crippen LogP contribution in [0.4, 0.5) is 0 Å². The predicted molar refractivity (Wildman–Crippen MR) is 85.7 cm³/mol. The number of hydrogen-bond donors (Lipinski definition) is 1. The van der Waals surface area contributed by atoms with Gasteiger partial charge in [-0.05, 0) is 25.0 Å². The Balaban J connectivity index is 1.64. The molecule has 1 aliphatic carbocycles. The largest absolute Gasteiger partial charge is 0.354 e. The maximum Gasteiger partial charge on any atom is 0.345 e. The van der Waals surface area contributed by atoms with Crippen LogP contribution in [0, 0.1) is 5.92 Å². The van der Waals surface area contributed by atoms with E-state index < -0.39 is 0 Å². The van der Waals surface area contributed by atoms with Crippen LogP contribution in [0.2, 0.25) is 0 Å². The first-order valence-corrected chi connectivity index (χ1v) is 7.99. The molecule has 1 fully saturated rings. The van der Waals surface area contributed by atoms with E-state index in [-0.39, 0.29) is 17.5 Å². The summed E-state index contributed by atoms with van der Waals surface area (Å²) in [5, 5.41) is 7.26. The third-order valence-electron chi connectivity index (χ3n) is 4.31. The standard InChI is InChI=1S/C16H21N5O2/c1-20-14(13-7-4-8-17-11-13)19-21(16(20)23)10-9-18-15(22)12-5-2-3-6-12/h4,7-8,11-12H,2-3,5-6,9-10H2,1H3,(H,18,22). The van der Waals surface area contributed by atoms with Crippen LogP contribution in [-0.2, 0) is 18.4 Å². The molecule has 0 saturated heterocycles. The average molecular weight is 315 g/mol. The van der Waals surface area contributed by atoms with E-state index in [1.807, 2.05) is 6.07 Å². The zero-order valence-electron chi connectivity index (χ0n) is 13.2. The number of amides is 1. The van der Waals surface area contributed by atoms with Gasteiger partial charge >= 0.3 is 5.69 Å². The van der Waals surface area contributed by atoms with Crippen molar-refractivity contribution < 1.29 is 4.79 Å². The minimum absolute atomic E-state index is 0.0963. The Morgan fingerprint density at radius 2 is 2.17 bits per heavy atom. The van der Waals surface area contributed by atoms with Gasteiger partial charge in [-0.3, -0.25) is 14.3 Å². The summed E-state index contributed by atoms with van der Waals surface area (Å²) in [4.78, 5) is 28.3. The summed E-state index contributed by atoms with van der Waals surface area (Å²) in [6.45, 7) is 0.782. The summed E-state index contributed by atoms with van der Waals surface area (Å²) in [7, 11) is 1.69. The molecule has 0 radical (unpaired) electrons. The van der Waals surface area contributed by atoms with Gasteiger partial charge in [0.25, 0.3) is 0 Å². The minimum Gasteiger partial charge on any atom is -0.354 e. The molecule has 2 heterocycles. The molecule has 1 saturated carbocycles. The molecule has 0 spiro atoms. The monoisotopic (exact) mass is 315 g/mol. The van der Waals surface area contributed by atoms with Crippen LogP contribution in [0.1, 0.15) is 25.7 Å². The summed E-state index contributed by atoms with van der Waals surface area (Å²) in [5.41, 5.74) is 0.597. The number of carbonyl (C=O) groups excluding carboxylic acids is 1. The fourth-order valence-corrected chi connectivity index (χ4v) is 3.00. The molecule has 23 heavy (non-hydrogen) atoms. The van der Waals surface area contributed by atoms with Crippen LogP contribution < -0.4 is 11.0 Å². The van der Waals surface area contributed by atoms with Crippen LogP contribution in [-0.4, -0.2) is 31.8 Å². The SMILES string of the molecule is Cn1c(-c2cccnc2)nn(CCNC(=O)C2CCCC2)c1=O. The molecule has 122 valence electrons. The summed E-state index contributed by atoms with van der Waals surface area (Å²) in [5.74, 6) is 0.811. The Morgan fingerprint density at radius 1 is 1.39 bits per heavy atom. The Bertz CT molecular complexity index is 729. The highest BCUT2D eigenvalue weighted by Gasteiger charge is 2.22. The molecule has 1 aliphatic rings. The number of aromatic nitrogens is 4. The highest BCUT2D eigenvalue weighted by Crippen LogP contribution is 2.24. The van der Waals surface area contributed by atoms with Crippen LogP contribution in [0.5, 0.6) is 0 Å². The Morgan fingerprint density at radius 3 is 2.87 bits per heavy atom. The third kappa shape index (κ3) is 3.33. The molecule has 0 unspecified atom stereocenters. The summed E-state index contributed by atoms with van der Waals surface area (Å²) >= 11 is 0. The molecular weight excluding hydrogens is 294 g/mol. The maximum absolute atomic E-state index is 12.2. The van der Waals surface area contributed by atoms with Crippen molar-refractivity contribution in [3.8, 4) is 11.4 Å². The molecular formula is C16H21N5O2. The van der Waals surface area contributed by atoms with E-state index >= 15 is 0 Å². The molecule has 2 aromatic rings. The lowest BCUT2D eigenvalue weighted by molar-refractivity contribution is -0.124. The zero-order chi connectivity index (χ0) is 16.2. The lowest BCUT2D eigenvalue weighted by Gasteiger charge is -2.09. The Labute approximate surface area is 134 Å². The molecule has 0 atom stereocenters. The topological polar surface area (TPSA) is 81.8 Å². The number of hydrogen-bond acceptors (Lipinski definition) is 4. The van der Waals surface area contributed by atoms with Crippen molar-refractivity contribution in [1.82, 2.24) is 24.6 Å². The number of carbonyl (C=O) groups is 1. The van der Waals surface area contributed by atoms with Crippen LogP contribution >= 0.6 is 0 Å². The quantitative estimate of drug-likeness (QED) is 0.890. The van der Waals surface area contributed by atoms with Crippen LogP contribution in [0.25, 0.3) is 11.4 Å². The van der Waals surface area contributed by atoms with E-state index in [1.165, 1.54) is 9.25 Å². The van der Waals surface area contributed by atoms with E-state index in [9.17, 15) is 9.59 Å². The van der Waals surface area contributed by atoms with Crippen LogP contribution in [0.3, 0.4) is 0 Å². The first kappa shape index (κ1) is 15.5. The van der Waals surface area contributed by atoms with Crippen molar-refractivity contribution in [2.45, 2.75) is 32.2 Å². The number of rotatable bonds is 5. The second kappa shape index (κ2) is 6.76. The highest BCUT2D eigenvalue weighted by atomic mass is 16.2. The third-order valence-corrected chi connectivity index (χ3v) is 4.31. The maximum atomic E-state index is 12.2. The Kier molecular flexibility index (Phi) is 4.55. The van der Waals surface area contributed by atoms with Gasteiger partial charge in [-0.15, -0.1) is 5.10 Å². The van der Waals surface area contributed by atoms with Crippen molar-refractivity contribution in [2.75, 3.05) is 6.54 Å². The molecule has 1 amide bonds. The van der Waals surface area contributed by atoms with E-state index in [4.69, 9.17) is 0 Å². The average Bonchev–Trinajstić information content (AvgIpc) is 3.20. The molecule has 0 aromatic carbocycles. The minimum atomic E-state index is -0.195. The van der Waals surface area contributed by atoms with Gasteiger partial charge < -0.3 is 5.32 Å². The summed E-state index contributed by atoms with van der Waals surface area (Å²) < 4.78 is 2.88. The van der Waals surface area contributed by atoms with Gasteiger partial charge in [0.1, 0.15) is 0 Å². The van der Waals surface area contributed by atoms with Gasteiger partial charge in [0.2, 0.25) is 5.91 Å². The van der Waals surface area contributed by atoms with Crippen molar-refractivity contribution in [1.29, 1.82) is 0 Å². The fourth-order valence-electron chi connectivity index (χ4n) is 3.00. The molecule has 0 bridgehead atoms. The zero-order valence-corrected chi connectivity index (χ0v) is 13.2. The van der Waals surface area contributed by atoms with E-state index in [1.54, 1.807) is 25.5 Å². The van der Waals surface area contributed by atoms with Gasteiger partial charge in [0.15, 0.2) is 5.82 Å². The van der Waals surface area contributed by atoms with Crippen molar-refractivity contribution in [2.24, 2.45) is 13.0 Å². The summed E-state index contributed by atoms with van der Waals surface area (Å²) in [6, 6.07) is 3.67. The van der Waals surface area contributed by atoms with Gasteiger partial charge in [0, 0.05) is 37.5 Å². The molecule has 0 aliphatic heterocycles. The molecule has 1 N–H and O–H groups in total. The van der Waals surface area contributed by atoms with Gasteiger partial charge in [-0.1, -0.05) is 12.8 Å². The summed E-state index contributed by atoms with van der Waals surface area (Å²) in [6.07, 6.45) is 7.56. The fraction of sp³-hybridized carbons (Fsp3) is 0.500. The molecule has 7 heteroatoms. The van der Waals surface area contributed by atoms with Crippen molar-refractivity contribution >= 4 is 5.91 Å². The lowest BCUT2D eigenvalue weighted by atomic mass is 10.1. The highest BCUT2D eigenvalue weighted by molar-refractivity contribution is 5.78. The number of nitrogens with zero attached hydrogens (tertiary/aromatic N) is 4. The van der Waals surface area contributed by atoms with Crippen LogP contribution in [0.15, 0.2) is 29.3 Å². The van der Waals surface area contributed by atoms with E-state index in [0.717, 1.165) is 31.2 Å². The van der Waals surface area contributed by atoms with Gasteiger partial charge in [-0.25, -0.2) is 9.48 Å². The van der Waals surface area contributed by atoms with E-state index in [2.05, 4.69) is 15.4 Å². The lowest BCUT2D eigenvalue weighted by Crippen LogP contribution is -2.34. The molecule has 7 nitrogen and oxygen atoms in total. The molecule has 2 aromatic heterocycles. The van der Waals surface area contributed by atoms with E-state index in [0.29, 0.717) is 18.9 Å². The smallest absolute Gasteiger partial charge is 0.345 e. The first-order chi connectivity index (χ1) is 11.2. The number of pyridine rings is 1. The predicted octanol–water partition coefficient (Wildman–Crippen LogP) is 0.950. The second-order valence-corrected chi connectivity index (χ2v) is 5.90. The van der Waals surface area contributed by atoms with Crippen molar-refractivity contribution in [3.05, 3.63) is 35.0 Å². The molecule has 3 rings (SSSR count). The van der Waals surface area contributed by atoms with Gasteiger partial charge in [0.05, 0.1) is 6.54 Å². The number of nitrogens with one attached hydrogen (secondary N) is 1. The second-order valence-electron chi connectivity index (χ2n) is 5.90. The Hall–Kier alpha value is -2.44. The first-order valence-electron chi connectivity index (χ1n) is 7.99. The van der Waals surface area contributed by atoms with Crippen molar-refractivity contribution in [3.63, 3.8) is 0 Å².